The molecule has 12 atom stereocenters. The molecule has 0 aromatic carbocycles. The number of ether oxygens (including phenoxy) is 5. The van der Waals surface area contributed by atoms with E-state index in [0.29, 0.717) is 0 Å². The first-order valence-corrected chi connectivity index (χ1v) is 8.82. The fraction of sp³-hybridized carbons (Fsp3) is 1.00. The summed E-state index contributed by atoms with van der Waals surface area (Å²) in [5.74, 6) is 0. The zero-order valence-electron chi connectivity index (χ0n) is 14.7. The Kier molecular flexibility index (Phi) is 7.20. The second kappa shape index (κ2) is 9.09. The summed E-state index contributed by atoms with van der Waals surface area (Å²) >= 11 is 0. The fourth-order valence-electron chi connectivity index (χ4n) is 3.32. The fourth-order valence-corrected chi connectivity index (χ4v) is 3.32. The summed E-state index contributed by atoms with van der Waals surface area (Å²) in [4.78, 5) is 0. The van der Waals surface area contributed by atoms with Crippen LogP contribution in [0, 0.1) is 0 Å². The molecule has 0 radical (unpaired) electrons. The van der Waals surface area contributed by atoms with Gasteiger partial charge in [0.25, 0.3) is 0 Å². The molecule has 0 aromatic heterocycles. The highest BCUT2D eigenvalue weighted by Gasteiger charge is 2.51. The molecule has 3 fully saturated rings. The normalized spacial score (nSPS) is 51.9. The lowest BCUT2D eigenvalue weighted by atomic mass is 10.1. The van der Waals surface area contributed by atoms with Gasteiger partial charge in [0.05, 0.1) is 19.8 Å². The van der Waals surface area contributed by atoms with Crippen LogP contribution in [0.1, 0.15) is 0 Å². The molecule has 0 aliphatic carbocycles. The molecule has 0 amide bonds. The van der Waals surface area contributed by atoms with Crippen molar-refractivity contribution < 1.29 is 64.5 Å². The molecule has 13 heteroatoms. The molecule has 3 heterocycles. The zero-order valence-corrected chi connectivity index (χ0v) is 14.7. The predicted molar refractivity (Wildman–Crippen MR) is 83.2 cm³/mol. The summed E-state index contributed by atoms with van der Waals surface area (Å²) in [5.41, 5.74) is 0. The van der Waals surface area contributed by atoms with E-state index >= 15 is 0 Å². The van der Waals surface area contributed by atoms with Gasteiger partial charge in [-0.05, 0) is 0 Å². The highest BCUT2D eigenvalue weighted by molar-refractivity contribution is 4.92. The van der Waals surface area contributed by atoms with Crippen molar-refractivity contribution in [1.29, 1.82) is 0 Å². The number of hydrogen-bond donors (Lipinski definition) is 8. The van der Waals surface area contributed by atoms with Gasteiger partial charge < -0.3 is 64.5 Å². The largest absolute Gasteiger partial charge is 0.394 e. The molecular formula is C15H26O13. The van der Waals surface area contributed by atoms with Gasteiger partial charge in [-0.3, -0.25) is 0 Å². The van der Waals surface area contributed by atoms with E-state index in [1.54, 1.807) is 0 Å². The van der Waals surface area contributed by atoms with Gasteiger partial charge in [0.1, 0.15) is 54.9 Å². The molecular weight excluding hydrogens is 388 g/mol. The van der Waals surface area contributed by atoms with Crippen LogP contribution in [0.3, 0.4) is 0 Å². The summed E-state index contributed by atoms with van der Waals surface area (Å²) in [6.07, 6.45) is -16.1. The average Bonchev–Trinajstić information content (AvgIpc) is 3.23. The van der Waals surface area contributed by atoms with Crippen molar-refractivity contribution in [2.75, 3.05) is 19.8 Å². The van der Waals surface area contributed by atoms with Crippen LogP contribution in [0.4, 0.5) is 0 Å². The van der Waals surface area contributed by atoms with E-state index in [9.17, 15) is 35.7 Å². The average molecular weight is 414 g/mol. The van der Waals surface area contributed by atoms with E-state index in [0.717, 1.165) is 0 Å². The van der Waals surface area contributed by atoms with Gasteiger partial charge in [0.2, 0.25) is 0 Å². The molecule has 0 aromatic rings. The smallest absolute Gasteiger partial charge is 0.187 e. The highest BCUT2D eigenvalue weighted by atomic mass is 16.8. The quantitative estimate of drug-likeness (QED) is 0.196. The second-order valence-electron chi connectivity index (χ2n) is 6.90. The van der Waals surface area contributed by atoms with E-state index in [2.05, 4.69) is 0 Å². The van der Waals surface area contributed by atoms with E-state index in [-0.39, 0.29) is 6.61 Å². The first-order valence-electron chi connectivity index (χ1n) is 8.82. The van der Waals surface area contributed by atoms with Gasteiger partial charge in [-0.1, -0.05) is 0 Å². The van der Waals surface area contributed by atoms with Crippen molar-refractivity contribution in [3.8, 4) is 0 Å². The summed E-state index contributed by atoms with van der Waals surface area (Å²) in [7, 11) is 0. The molecule has 8 N–H and O–H groups in total. The molecule has 0 spiro atoms. The molecule has 3 rings (SSSR count). The molecule has 1 unspecified atom stereocenters. The van der Waals surface area contributed by atoms with Crippen LogP contribution in [0.2, 0.25) is 0 Å². The highest BCUT2D eigenvalue weighted by Crippen LogP contribution is 2.31. The van der Waals surface area contributed by atoms with Crippen molar-refractivity contribution in [2.24, 2.45) is 0 Å². The van der Waals surface area contributed by atoms with Gasteiger partial charge >= 0.3 is 0 Å². The maximum atomic E-state index is 10.3. The lowest BCUT2D eigenvalue weighted by Crippen LogP contribution is -2.44. The summed E-state index contributed by atoms with van der Waals surface area (Å²) in [6.45, 7) is -1.50. The summed E-state index contributed by atoms with van der Waals surface area (Å²) in [6, 6.07) is 0. The van der Waals surface area contributed by atoms with Crippen LogP contribution < -0.4 is 0 Å². The van der Waals surface area contributed by atoms with E-state index < -0.39 is 87.0 Å². The summed E-state index contributed by atoms with van der Waals surface area (Å²) in [5, 5.41) is 77.2. The Morgan fingerprint density at radius 3 is 1.71 bits per heavy atom. The van der Waals surface area contributed by atoms with Crippen molar-refractivity contribution >= 4 is 0 Å². The molecule has 28 heavy (non-hydrogen) atoms. The maximum absolute atomic E-state index is 10.3. The third-order valence-corrected chi connectivity index (χ3v) is 5.03. The van der Waals surface area contributed by atoms with Crippen LogP contribution in [0.5, 0.6) is 0 Å². The molecule has 0 saturated carbocycles. The van der Waals surface area contributed by atoms with Crippen molar-refractivity contribution in [1.82, 2.24) is 0 Å². The van der Waals surface area contributed by atoms with E-state index in [1.807, 2.05) is 0 Å². The van der Waals surface area contributed by atoms with E-state index in [1.165, 1.54) is 0 Å². The standard InChI is InChI=1S/C15H26O13/c16-1-4-7(18)11(22)14(26-4)28-12-9(20)5(2-17)27-15(12)24-3-6-8(19)10(21)13(23)25-6/h4-23H,1-3H2/t4-,5-,6-,7-,8-,9-,10+,11+,12+,13?,14-,15+/m0/s1. The van der Waals surface area contributed by atoms with Gasteiger partial charge in [0, 0.05) is 0 Å². The maximum Gasteiger partial charge on any atom is 0.187 e. The van der Waals surface area contributed by atoms with Crippen molar-refractivity contribution in [2.45, 2.75) is 73.8 Å². The lowest BCUT2D eigenvalue weighted by Gasteiger charge is -2.26. The molecule has 164 valence electrons. The monoisotopic (exact) mass is 414 g/mol. The van der Waals surface area contributed by atoms with Crippen LogP contribution in [0.25, 0.3) is 0 Å². The number of aliphatic hydroxyl groups is 8. The molecule has 3 aliphatic heterocycles. The number of aliphatic hydroxyl groups excluding tert-OH is 8. The minimum absolute atomic E-state index is 0.360. The van der Waals surface area contributed by atoms with Crippen LogP contribution >= 0.6 is 0 Å². The van der Waals surface area contributed by atoms with Gasteiger partial charge in [-0.25, -0.2) is 0 Å². The van der Waals surface area contributed by atoms with Crippen molar-refractivity contribution in [3.63, 3.8) is 0 Å². The number of rotatable bonds is 7. The second-order valence-corrected chi connectivity index (χ2v) is 6.90. The zero-order chi connectivity index (χ0) is 20.6. The van der Waals surface area contributed by atoms with Gasteiger partial charge in [-0.2, -0.15) is 0 Å². The Bertz CT molecular complexity index is 508. The SMILES string of the molecule is OC[C@@H]1O[C@@H](O[C@H]2[C@H](OC[C@@H]3OC(O)[C@H](O)[C@H]3O)O[C@@H](CO)[C@@H]2O)[C@H](O)[C@H]1O. The van der Waals surface area contributed by atoms with Crippen LogP contribution in [-0.2, 0) is 23.7 Å². The lowest BCUT2D eigenvalue weighted by molar-refractivity contribution is -0.253. The predicted octanol–water partition coefficient (Wildman–Crippen LogP) is -5.66. The summed E-state index contributed by atoms with van der Waals surface area (Å²) < 4.78 is 26.4. The Labute approximate surface area is 159 Å². The van der Waals surface area contributed by atoms with Gasteiger partial charge in [0.15, 0.2) is 18.9 Å². The third-order valence-electron chi connectivity index (χ3n) is 5.03. The molecule has 0 bridgehead atoms. The number of hydrogen-bond acceptors (Lipinski definition) is 13. The Morgan fingerprint density at radius 1 is 0.607 bits per heavy atom. The van der Waals surface area contributed by atoms with Crippen LogP contribution in [-0.4, -0.2) is 134 Å². The topological polar surface area (TPSA) is 208 Å². The minimum atomic E-state index is -1.59. The van der Waals surface area contributed by atoms with E-state index in [4.69, 9.17) is 28.8 Å². The first-order chi connectivity index (χ1) is 13.3. The first kappa shape index (κ1) is 22.2. The minimum Gasteiger partial charge on any atom is -0.394 e. The molecule has 13 nitrogen and oxygen atoms in total. The Hall–Kier alpha value is -0.520. The molecule has 3 saturated heterocycles. The molecule has 3 aliphatic rings. The van der Waals surface area contributed by atoms with Gasteiger partial charge in [-0.15, -0.1) is 0 Å². The van der Waals surface area contributed by atoms with Crippen molar-refractivity contribution in [3.05, 3.63) is 0 Å². The van der Waals surface area contributed by atoms with Crippen LogP contribution in [0.15, 0.2) is 0 Å². The Balaban J connectivity index is 1.62. The third kappa shape index (κ3) is 4.17. The Morgan fingerprint density at radius 2 is 1.18 bits per heavy atom.